The number of thioether (sulfide) groups is 1. The van der Waals surface area contributed by atoms with Crippen LogP contribution in [0.15, 0.2) is 24.3 Å². The molecule has 0 bridgehead atoms. The summed E-state index contributed by atoms with van der Waals surface area (Å²) in [7, 11) is 0. The Labute approximate surface area is 112 Å². The van der Waals surface area contributed by atoms with Crippen LogP contribution in [0.25, 0.3) is 0 Å². The highest BCUT2D eigenvalue weighted by Crippen LogP contribution is 2.43. The number of rotatable bonds is 2. The summed E-state index contributed by atoms with van der Waals surface area (Å²) in [6.45, 7) is 4.20. The lowest BCUT2D eigenvalue weighted by molar-refractivity contribution is 0.248. The van der Waals surface area contributed by atoms with Crippen LogP contribution in [0, 0.1) is 22.6 Å². The molecule has 18 heavy (non-hydrogen) atoms. The molecule has 1 heterocycles. The zero-order valence-corrected chi connectivity index (χ0v) is 11.5. The van der Waals surface area contributed by atoms with E-state index in [2.05, 4.69) is 25.2 Å². The zero-order chi connectivity index (χ0) is 13.2. The van der Waals surface area contributed by atoms with E-state index in [4.69, 9.17) is 0 Å². The normalized spacial score (nSPS) is 26.3. The summed E-state index contributed by atoms with van der Waals surface area (Å²) in [6.07, 6.45) is 0.980. The Bertz CT molecular complexity index is 481. The van der Waals surface area contributed by atoms with Gasteiger partial charge in [-0.25, -0.2) is 4.39 Å². The number of halogens is 1. The highest BCUT2D eigenvalue weighted by Gasteiger charge is 2.47. The SMILES string of the molecule is CC1(C)CCSCC1(C#N)Nc1cccc(F)c1. The van der Waals surface area contributed by atoms with Gasteiger partial charge in [0, 0.05) is 16.9 Å². The summed E-state index contributed by atoms with van der Waals surface area (Å²) in [4.78, 5) is 0. The van der Waals surface area contributed by atoms with Crippen LogP contribution in [0.3, 0.4) is 0 Å². The molecule has 4 heteroatoms. The molecule has 2 rings (SSSR count). The van der Waals surface area contributed by atoms with Gasteiger partial charge in [-0.1, -0.05) is 19.9 Å². The van der Waals surface area contributed by atoms with Crippen LogP contribution in [0.4, 0.5) is 10.1 Å². The molecule has 1 saturated heterocycles. The summed E-state index contributed by atoms with van der Waals surface area (Å²) in [5, 5.41) is 12.8. The van der Waals surface area contributed by atoms with Gasteiger partial charge in [0.1, 0.15) is 11.4 Å². The fourth-order valence-corrected chi connectivity index (χ4v) is 3.82. The quantitative estimate of drug-likeness (QED) is 0.885. The summed E-state index contributed by atoms with van der Waals surface area (Å²) in [5.41, 5.74) is -0.0876. The largest absolute Gasteiger partial charge is 0.366 e. The molecule has 0 saturated carbocycles. The minimum absolute atomic E-state index is 0.126. The van der Waals surface area contributed by atoms with E-state index < -0.39 is 5.54 Å². The predicted octanol–water partition coefficient (Wildman–Crippen LogP) is 3.66. The number of nitrogens with one attached hydrogen (secondary N) is 1. The Balaban J connectivity index is 2.31. The second-order valence-electron chi connectivity index (χ2n) is 5.34. The van der Waals surface area contributed by atoms with E-state index >= 15 is 0 Å². The van der Waals surface area contributed by atoms with Crippen molar-refractivity contribution in [2.24, 2.45) is 5.41 Å². The van der Waals surface area contributed by atoms with Gasteiger partial charge in [-0.2, -0.15) is 17.0 Å². The van der Waals surface area contributed by atoms with Crippen LogP contribution in [0.1, 0.15) is 20.3 Å². The molecule has 1 aliphatic heterocycles. The van der Waals surface area contributed by atoms with Crippen molar-refractivity contribution >= 4 is 17.4 Å². The maximum Gasteiger partial charge on any atom is 0.139 e. The van der Waals surface area contributed by atoms with Crippen LogP contribution < -0.4 is 5.32 Å². The van der Waals surface area contributed by atoms with Crippen molar-refractivity contribution in [2.45, 2.75) is 25.8 Å². The van der Waals surface area contributed by atoms with E-state index in [9.17, 15) is 9.65 Å². The minimum Gasteiger partial charge on any atom is -0.366 e. The first-order chi connectivity index (χ1) is 8.49. The summed E-state index contributed by atoms with van der Waals surface area (Å²) < 4.78 is 13.2. The van der Waals surface area contributed by atoms with Crippen molar-refractivity contribution in [1.82, 2.24) is 0 Å². The van der Waals surface area contributed by atoms with E-state index in [1.165, 1.54) is 12.1 Å². The number of benzene rings is 1. The van der Waals surface area contributed by atoms with Crippen LogP contribution in [-0.4, -0.2) is 17.0 Å². The average molecular weight is 264 g/mol. The second kappa shape index (κ2) is 4.81. The molecule has 0 aliphatic carbocycles. The number of hydrogen-bond acceptors (Lipinski definition) is 3. The zero-order valence-electron chi connectivity index (χ0n) is 10.7. The van der Waals surface area contributed by atoms with Crippen LogP contribution >= 0.6 is 11.8 Å². The number of nitriles is 1. The van der Waals surface area contributed by atoms with Gasteiger partial charge in [0.2, 0.25) is 0 Å². The lowest BCUT2D eigenvalue weighted by Gasteiger charge is -2.46. The highest BCUT2D eigenvalue weighted by molar-refractivity contribution is 7.99. The molecule has 0 radical (unpaired) electrons. The molecule has 0 amide bonds. The van der Waals surface area contributed by atoms with Crippen molar-refractivity contribution in [2.75, 3.05) is 16.8 Å². The Hall–Kier alpha value is -1.21. The summed E-state index contributed by atoms with van der Waals surface area (Å²) >= 11 is 1.77. The molecule has 1 aromatic rings. The molecule has 1 atom stereocenters. The number of nitrogens with zero attached hydrogens (tertiary/aromatic N) is 1. The molecule has 1 aromatic carbocycles. The Kier molecular flexibility index (Phi) is 3.54. The van der Waals surface area contributed by atoms with Crippen molar-refractivity contribution in [3.63, 3.8) is 0 Å². The first-order valence-corrected chi connectivity index (χ1v) is 7.17. The lowest BCUT2D eigenvalue weighted by atomic mass is 9.71. The lowest BCUT2D eigenvalue weighted by Crippen LogP contribution is -2.54. The molecule has 0 spiro atoms. The van der Waals surface area contributed by atoms with Crippen molar-refractivity contribution in [1.29, 1.82) is 5.26 Å². The third-order valence-electron chi connectivity index (χ3n) is 3.72. The van der Waals surface area contributed by atoms with E-state index in [-0.39, 0.29) is 11.2 Å². The number of hydrogen-bond donors (Lipinski definition) is 1. The molecule has 2 nitrogen and oxygen atoms in total. The van der Waals surface area contributed by atoms with Crippen LogP contribution in [-0.2, 0) is 0 Å². The minimum atomic E-state index is -0.635. The van der Waals surface area contributed by atoms with Crippen LogP contribution in [0.5, 0.6) is 0 Å². The van der Waals surface area contributed by atoms with Gasteiger partial charge >= 0.3 is 0 Å². The van der Waals surface area contributed by atoms with Gasteiger partial charge in [0.25, 0.3) is 0 Å². The molecule has 1 fully saturated rings. The Morgan fingerprint density at radius 3 is 2.83 bits per heavy atom. The number of anilines is 1. The first kappa shape index (κ1) is 13.2. The van der Waals surface area contributed by atoms with Crippen molar-refractivity contribution in [3.8, 4) is 6.07 Å². The molecule has 96 valence electrons. The van der Waals surface area contributed by atoms with Gasteiger partial charge in [0.05, 0.1) is 6.07 Å². The van der Waals surface area contributed by atoms with Gasteiger partial charge in [-0.05, 0) is 30.4 Å². The third kappa shape index (κ3) is 2.32. The fourth-order valence-electron chi connectivity index (χ4n) is 2.19. The smallest absolute Gasteiger partial charge is 0.139 e. The third-order valence-corrected chi connectivity index (χ3v) is 4.85. The molecule has 1 N–H and O–H groups in total. The van der Waals surface area contributed by atoms with Crippen molar-refractivity contribution < 1.29 is 4.39 Å². The monoisotopic (exact) mass is 264 g/mol. The van der Waals surface area contributed by atoms with Crippen LogP contribution in [0.2, 0.25) is 0 Å². The highest BCUT2D eigenvalue weighted by atomic mass is 32.2. The molecular weight excluding hydrogens is 247 g/mol. The second-order valence-corrected chi connectivity index (χ2v) is 6.44. The van der Waals surface area contributed by atoms with Gasteiger partial charge in [0.15, 0.2) is 0 Å². The van der Waals surface area contributed by atoms with Gasteiger partial charge in [-0.3, -0.25) is 0 Å². The van der Waals surface area contributed by atoms with E-state index in [0.29, 0.717) is 5.69 Å². The van der Waals surface area contributed by atoms with E-state index in [1.807, 2.05) is 0 Å². The standard InChI is InChI=1S/C14H17FN2S/c1-13(2)6-7-18-10-14(13,9-16)17-12-5-3-4-11(15)8-12/h3-5,8,17H,6-7,10H2,1-2H3. The molecule has 1 unspecified atom stereocenters. The maximum atomic E-state index is 13.2. The van der Waals surface area contributed by atoms with E-state index in [0.717, 1.165) is 17.9 Å². The molecular formula is C14H17FN2S. The summed E-state index contributed by atoms with van der Waals surface area (Å²) in [5.74, 6) is 1.52. The first-order valence-electron chi connectivity index (χ1n) is 6.02. The topological polar surface area (TPSA) is 35.8 Å². The van der Waals surface area contributed by atoms with E-state index in [1.54, 1.807) is 23.9 Å². The molecule has 1 aliphatic rings. The van der Waals surface area contributed by atoms with Crippen molar-refractivity contribution in [3.05, 3.63) is 30.1 Å². The Morgan fingerprint density at radius 2 is 2.22 bits per heavy atom. The molecule has 0 aromatic heterocycles. The Morgan fingerprint density at radius 1 is 1.44 bits per heavy atom. The summed E-state index contributed by atoms with van der Waals surface area (Å²) in [6, 6.07) is 8.73. The average Bonchev–Trinajstić information content (AvgIpc) is 2.32. The fraction of sp³-hybridized carbons (Fsp3) is 0.500. The maximum absolute atomic E-state index is 13.2. The predicted molar refractivity (Wildman–Crippen MR) is 74.1 cm³/mol. The van der Waals surface area contributed by atoms with Gasteiger partial charge in [-0.15, -0.1) is 0 Å². The van der Waals surface area contributed by atoms with Gasteiger partial charge < -0.3 is 5.32 Å².